The largest absolute Gasteiger partial charge is 0.351 e. The van der Waals surface area contributed by atoms with Crippen molar-refractivity contribution in [2.24, 2.45) is 0 Å². The third-order valence-electron chi connectivity index (χ3n) is 1.07. The highest BCUT2D eigenvalue weighted by Gasteiger charge is 2.16. The monoisotopic (exact) mass is 150 g/mol. The molecule has 0 aromatic heterocycles. The third-order valence-corrected chi connectivity index (χ3v) is 2.39. The SMILES string of the molecule is C/C=C(/CC)P(=O)(O)O. The van der Waals surface area contributed by atoms with Gasteiger partial charge in [0.2, 0.25) is 0 Å². The van der Waals surface area contributed by atoms with Crippen molar-refractivity contribution in [3.8, 4) is 0 Å². The van der Waals surface area contributed by atoms with Gasteiger partial charge >= 0.3 is 7.60 Å². The summed E-state index contributed by atoms with van der Waals surface area (Å²) in [4.78, 5) is 17.0. The van der Waals surface area contributed by atoms with Crippen LogP contribution in [-0.2, 0) is 4.57 Å². The maximum Gasteiger partial charge on any atom is 0.351 e. The van der Waals surface area contributed by atoms with Gasteiger partial charge in [-0.25, -0.2) is 0 Å². The summed E-state index contributed by atoms with van der Waals surface area (Å²) >= 11 is 0. The Morgan fingerprint density at radius 2 is 2.11 bits per heavy atom. The standard InChI is InChI=1S/C5H11O3P/c1-3-5(4-2)9(6,7)8/h3H,4H2,1-2H3,(H2,6,7,8)/b5-3-. The molecular weight excluding hydrogens is 139 g/mol. The van der Waals surface area contributed by atoms with Crippen LogP contribution < -0.4 is 0 Å². The van der Waals surface area contributed by atoms with Gasteiger partial charge in [-0.1, -0.05) is 13.0 Å². The van der Waals surface area contributed by atoms with Crippen molar-refractivity contribution in [2.75, 3.05) is 0 Å². The molecule has 0 aromatic carbocycles. The van der Waals surface area contributed by atoms with E-state index in [0.717, 1.165) is 0 Å². The minimum Gasteiger partial charge on any atom is -0.321 e. The lowest BCUT2D eigenvalue weighted by Crippen LogP contribution is -1.81. The van der Waals surface area contributed by atoms with Gasteiger partial charge < -0.3 is 9.79 Å². The smallest absolute Gasteiger partial charge is 0.321 e. The molecule has 2 N–H and O–H groups in total. The molecule has 4 heteroatoms. The van der Waals surface area contributed by atoms with Gasteiger partial charge in [-0.2, -0.15) is 0 Å². The predicted molar refractivity (Wildman–Crippen MR) is 36.1 cm³/mol. The van der Waals surface area contributed by atoms with E-state index in [1.54, 1.807) is 13.8 Å². The van der Waals surface area contributed by atoms with Crippen molar-refractivity contribution in [3.05, 3.63) is 11.4 Å². The Morgan fingerprint density at radius 1 is 1.67 bits per heavy atom. The summed E-state index contributed by atoms with van der Waals surface area (Å²) in [6.45, 7) is 3.34. The first kappa shape index (κ1) is 8.89. The Bertz CT molecular complexity index is 156. The van der Waals surface area contributed by atoms with Gasteiger partial charge in [0.25, 0.3) is 0 Å². The zero-order valence-electron chi connectivity index (χ0n) is 5.53. The molecule has 0 aliphatic carbocycles. The van der Waals surface area contributed by atoms with Crippen LogP contribution in [0.15, 0.2) is 11.4 Å². The first-order valence-electron chi connectivity index (χ1n) is 2.73. The van der Waals surface area contributed by atoms with Gasteiger partial charge in [0, 0.05) is 5.31 Å². The summed E-state index contributed by atoms with van der Waals surface area (Å²) in [6.07, 6.45) is 1.88. The quantitative estimate of drug-likeness (QED) is 0.586. The van der Waals surface area contributed by atoms with Crippen molar-refractivity contribution < 1.29 is 14.4 Å². The van der Waals surface area contributed by atoms with Gasteiger partial charge in [0.1, 0.15) is 0 Å². The van der Waals surface area contributed by atoms with Crippen LogP contribution >= 0.6 is 7.60 Å². The molecule has 0 saturated carbocycles. The number of hydrogen-bond acceptors (Lipinski definition) is 1. The van der Waals surface area contributed by atoms with Crippen LogP contribution in [-0.4, -0.2) is 9.79 Å². The van der Waals surface area contributed by atoms with E-state index in [2.05, 4.69) is 0 Å². The van der Waals surface area contributed by atoms with Crippen LogP contribution in [0.4, 0.5) is 0 Å². The van der Waals surface area contributed by atoms with E-state index < -0.39 is 7.60 Å². The van der Waals surface area contributed by atoms with Crippen molar-refractivity contribution in [3.63, 3.8) is 0 Å². The van der Waals surface area contributed by atoms with E-state index >= 15 is 0 Å². The normalized spacial score (nSPS) is 14.0. The minimum absolute atomic E-state index is 0.211. The molecule has 0 aliphatic rings. The molecule has 0 aliphatic heterocycles. The second-order valence-electron chi connectivity index (χ2n) is 1.68. The van der Waals surface area contributed by atoms with Gasteiger partial charge in [-0.05, 0) is 13.3 Å². The first-order chi connectivity index (χ1) is 4.02. The molecular formula is C5H11O3P. The molecule has 0 radical (unpaired) electrons. The fourth-order valence-electron chi connectivity index (χ4n) is 0.578. The van der Waals surface area contributed by atoms with E-state index in [-0.39, 0.29) is 5.31 Å². The van der Waals surface area contributed by atoms with Gasteiger partial charge in [-0.3, -0.25) is 4.57 Å². The molecule has 0 saturated heterocycles. The minimum atomic E-state index is -3.91. The molecule has 0 amide bonds. The summed E-state index contributed by atoms with van der Waals surface area (Å²) in [5.41, 5.74) is 0. The van der Waals surface area contributed by atoms with Crippen molar-refractivity contribution in [1.29, 1.82) is 0 Å². The summed E-state index contributed by atoms with van der Waals surface area (Å²) in [6, 6.07) is 0. The van der Waals surface area contributed by atoms with Crippen LogP contribution in [0.1, 0.15) is 20.3 Å². The highest BCUT2D eigenvalue weighted by molar-refractivity contribution is 7.56. The molecule has 54 valence electrons. The summed E-state index contributed by atoms with van der Waals surface area (Å²) in [5.74, 6) is 0. The maximum atomic E-state index is 10.4. The van der Waals surface area contributed by atoms with Crippen LogP contribution in [0.2, 0.25) is 0 Å². The molecule has 9 heavy (non-hydrogen) atoms. The van der Waals surface area contributed by atoms with E-state index in [0.29, 0.717) is 6.42 Å². The lowest BCUT2D eigenvalue weighted by molar-refractivity contribution is 0.381. The molecule has 0 unspecified atom stereocenters. The van der Waals surface area contributed by atoms with Gasteiger partial charge in [0.15, 0.2) is 0 Å². The first-order valence-corrected chi connectivity index (χ1v) is 4.35. The molecule has 0 rings (SSSR count). The van der Waals surface area contributed by atoms with Crippen molar-refractivity contribution in [2.45, 2.75) is 20.3 Å². The fourth-order valence-corrected chi connectivity index (χ4v) is 1.33. The third kappa shape index (κ3) is 2.80. The average molecular weight is 150 g/mol. The van der Waals surface area contributed by atoms with E-state index in [4.69, 9.17) is 9.79 Å². The molecule has 0 spiro atoms. The molecule has 0 heterocycles. The van der Waals surface area contributed by atoms with E-state index in [1.807, 2.05) is 0 Å². The molecule has 0 fully saturated rings. The summed E-state index contributed by atoms with van der Waals surface area (Å²) in [7, 11) is -3.91. The Morgan fingerprint density at radius 3 is 2.11 bits per heavy atom. The molecule has 3 nitrogen and oxygen atoms in total. The maximum absolute atomic E-state index is 10.4. The Balaban J connectivity index is 4.34. The highest BCUT2D eigenvalue weighted by Crippen LogP contribution is 2.46. The lowest BCUT2D eigenvalue weighted by Gasteiger charge is -2.03. The van der Waals surface area contributed by atoms with Crippen LogP contribution in [0.3, 0.4) is 0 Å². The predicted octanol–water partition coefficient (Wildman–Crippen LogP) is 1.48. The van der Waals surface area contributed by atoms with Crippen molar-refractivity contribution in [1.82, 2.24) is 0 Å². The Labute approximate surface area is 54.6 Å². The zero-order valence-corrected chi connectivity index (χ0v) is 6.43. The van der Waals surface area contributed by atoms with Gasteiger partial charge in [0.05, 0.1) is 0 Å². The number of allylic oxidation sites excluding steroid dienone is 2. The van der Waals surface area contributed by atoms with Crippen LogP contribution in [0.5, 0.6) is 0 Å². The summed E-state index contributed by atoms with van der Waals surface area (Å²) in [5, 5.41) is 0.211. The molecule has 0 bridgehead atoms. The Hall–Kier alpha value is -0.110. The second kappa shape index (κ2) is 3.16. The molecule has 0 aromatic rings. The average Bonchev–Trinajstić information content (AvgIpc) is 1.65. The highest BCUT2D eigenvalue weighted by atomic mass is 31.2. The Kier molecular flexibility index (Phi) is 3.12. The van der Waals surface area contributed by atoms with Crippen molar-refractivity contribution >= 4 is 7.60 Å². The topological polar surface area (TPSA) is 57.5 Å². The van der Waals surface area contributed by atoms with Crippen LogP contribution in [0, 0.1) is 0 Å². The number of rotatable bonds is 2. The lowest BCUT2D eigenvalue weighted by atomic mass is 10.4. The summed E-state index contributed by atoms with van der Waals surface area (Å²) < 4.78 is 10.4. The van der Waals surface area contributed by atoms with E-state index in [1.165, 1.54) is 6.08 Å². The van der Waals surface area contributed by atoms with E-state index in [9.17, 15) is 4.57 Å². The van der Waals surface area contributed by atoms with Crippen LogP contribution in [0.25, 0.3) is 0 Å². The zero-order chi connectivity index (χ0) is 7.49. The van der Waals surface area contributed by atoms with Gasteiger partial charge in [-0.15, -0.1) is 0 Å². The fraction of sp³-hybridized carbons (Fsp3) is 0.600. The molecule has 0 atom stereocenters. The number of hydrogen-bond donors (Lipinski definition) is 2. The second-order valence-corrected chi connectivity index (χ2v) is 3.34.